The van der Waals surface area contributed by atoms with Gasteiger partial charge in [-0.05, 0) is 25.0 Å². The number of nitrogens with one attached hydrogen (secondary N) is 1. The van der Waals surface area contributed by atoms with Crippen molar-refractivity contribution in [2.75, 3.05) is 20.2 Å². The number of rotatable bonds is 4. The van der Waals surface area contributed by atoms with Crippen LogP contribution in [0.5, 0.6) is 5.88 Å². The van der Waals surface area contributed by atoms with Crippen LogP contribution in [0.1, 0.15) is 44.0 Å². The predicted molar refractivity (Wildman–Crippen MR) is 111 cm³/mol. The Morgan fingerprint density at radius 1 is 1.07 bits per heavy atom. The molecule has 1 aliphatic heterocycles. The van der Waals surface area contributed by atoms with Gasteiger partial charge in [0.05, 0.1) is 12.8 Å². The molecule has 29 heavy (non-hydrogen) atoms. The molecule has 0 aliphatic carbocycles. The molecule has 2 heterocycles. The molecular formula is C22H28N4O3. The molecule has 1 N–H and O–H groups in total. The molecule has 0 atom stereocenters. The SMILES string of the molecule is COc1ccc(-c2ccccc2C(=O)N2CCC(NC(=O)C(C)(C)C)CC2)nn1. The molecule has 1 fully saturated rings. The Morgan fingerprint density at radius 2 is 1.76 bits per heavy atom. The molecule has 0 bridgehead atoms. The third kappa shape index (κ3) is 4.91. The van der Waals surface area contributed by atoms with E-state index in [0.29, 0.717) is 30.2 Å². The number of hydrogen-bond donors (Lipinski definition) is 1. The first-order valence-electron chi connectivity index (χ1n) is 9.87. The second-order valence-corrected chi connectivity index (χ2v) is 8.30. The van der Waals surface area contributed by atoms with Gasteiger partial charge >= 0.3 is 0 Å². The predicted octanol–water partition coefficient (Wildman–Crippen LogP) is 2.92. The van der Waals surface area contributed by atoms with E-state index in [1.165, 1.54) is 7.11 Å². The number of carbonyl (C=O) groups is 2. The Labute approximate surface area is 171 Å². The molecule has 1 aromatic carbocycles. The van der Waals surface area contributed by atoms with Crippen molar-refractivity contribution in [2.45, 2.75) is 39.7 Å². The highest BCUT2D eigenvalue weighted by Gasteiger charge is 2.29. The molecule has 2 amide bonds. The van der Waals surface area contributed by atoms with Gasteiger partial charge in [0.15, 0.2) is 0 Å². The lowest BCUT2D eigenvalue weighted by atomic mass is 9.94. The van der Waals surface area contributed by atoms with Crippen LogP contribution in [0, 0.1) is 5.41 Å². The van der Waals surface area contributed by atoms with Gasteiger partial charge in [-0.25, -0.2) is 0 Å². The van der Waals surface area contributed by atoms with E-state index in [0.717, 1.165) is 18.4 Å². The first-order valence-corrected chi connectivity index (χ1v) is 9.87. The standard InChI is InChI=1S/C22H28N4O3/c1-22(2,3)21(28)23-15-11-13-26(14-12-15)20(27)17-8-6-5-7-16(17)18-9-10-19(29-4)25-24-18/h5-10,15H,11-14H2,1-4H3,(H,23,28). The van der Waals surface area contributed by atoms with E-state index < -0.39 is 5.41 Å². The van der Waals surface area contributed by atoms with E-state index in [1.807, 2.05) is 49.9 Å². The Bertz CT molecular complexity index is 866. The normalized spacial score (nSPS) is 15.1. The minimum Gasteiger partial charge on any atom is -0.480 e. The molecule has 0 saturated carbocycles. The van der Waals surface area contributed by atoms with E-state index >= 15 is 0 Å². The summed E-state index contributed by atoms with van der Waals surface area (Å²) in [4.78, 5) is 27.2. The number of aromatic nitrogens is 2. The lowest BCUT2D eigenvalue weighted by molar-refractivity contribution is -0.129. The third-order valence-corrected chi connectivity index (χ3v) is 5.08. The number of likely N-dealkylation sites (tertiary alicyclic amines) is 1. The van der Waals surface area contributed by atoms with Crippen molar-refractivity contribution in [2.24, 2.45) is 5.41 Å². The molecule has 7 nitrogen and oxygen atoms in total. The summed E-state index contributed by atoms with van der Waals surface area (Å²) in [5.74, 6) is 0.446. The van der Waals surface area contributed by atoms with Gasteiger partial charge in [-0.2, -0.15) is 0 Å². The lowest BCUT2D eigenvalue weighted by Gasteiger charge is -2.34. The number of methoxy groups -OCH3 is 1. The second kappa shape index (κ2) is 8.59. The molecule has 2 aromatic rings. The Balaban J connectivity index is 1.70. The number of hydrogen-bond acceptors (Lipinski definition) is 5. The van der Waals surface area contributed by atoms with E-state index in [-0.39, 0.29) is 17.9 Å². The summed E-state index contributed by atoms with van der Waals surface area (Å²) in [5, 5.41) is 11.3. The monoisotopic (exact) mass is 396 g/mol. The number of amides is 2. The van der Waals surface area contributed by atoms with Crippen LogP contribution in [0.15, 0.2) is 36.4 Å². The van der Waals surface area contributed by atoms with Crippen molar-refractivity contribution < 1.29 is 14.3 Å². The Morgan fingerprint density at radius 3 is 2.34 bits per heavy atom. The maximum Gasteiger partial charge on any atom is 0.254 e. The van der Waals surface area contributed by atoms with E-state index in [1.54, 1.807) is 12.1 Å². The summed E-state index contributed by atoms with van der Waals surface area (Å²) in [6.45, 7) is 6.92. The maximum atomic E-state index is 13.2. The minimum atomic E-state index is -0.411. The molecule has 0 radical (unpaired) electrons. The maximum absolute atomic E-state index is 13.2. The molecule has 154 valence electrons. The van der Waals surface area contributed by atoms with Crippen molar-refractivity contribution in [3.05, 3.63) is 42.0 Å². The van der Waals surface area contributed by atoms with E-state index in [9.17, 15) is 9.59 Å². The fourth-order valence-electron chi connectivity index (χ4n) is 3.26. The number of nitrogens with zero attached hydrogens (tertiary/aromatic N) is 3. The highest BCUT2D eigenvalue weighted by molar-refractivity contribution is 6.00. The van der Waals surface area contributed by atoms with E-state index in [4.69, 9.17) is 4.74 Å². The van der Waals surface area contributed by atoms with Crippen LogP contribution < -0.4 is 10.1 Å². The quantitative estimate of drug-likeness (QED) is 0.859. The Hall–Kier alpha value is -2.96. The molecular weight excluding hydrogens is 368 g/mol. The van der Waals surface area contributed by atoms with Crippen LogP contribution in [-0.4, -0.2) is 53.2 Å². The van der Waals surface area contributed by atoms with Crippen molar-refractivity contribution in [3.8, 4) is 17.1 Å². The van der Waals surface area contributed by atoms with Gasteiger partial charge in [0.25, 0.3) is 5.91 Å². The average Bonchev–Trinajstić information content (AvgIpc) is 2.73. The van der Waals surface area contributed by atoms with Gasteiger partial charge in [0.1, 0.15) is 0 Å². The summed E-state index contributed by atoms with van der Waals surface area (Å²) >= 11 is 0. The molecule has 0 spiro atoms. The summed E-state index contributed by atoms with van der Waals surface area (Å²) in [7, 11) is 1.54. The number of ether oxygens (including phenoxy) is 1. The van der Waals surface area contributed by atoms with Crippen LogP contribution in [0.3, 0.4) is 0 Å². The highest BCUT2D eigenvalue weighted by Crippen LogP contribution is 2.25. The lowest BCUT2D eigenvalue weighted by Crippen LogP contribution is -2.49. The largest absolute Gasteiger partial charge is 0.480 e. The van der Waals surface area contributed by atoms with E-state index in [2.05, 4.69) is 15.5 Å². The first-order chi connectivity index (χ1) is 13.8. The van der Waals surface area contributed by atoms with Gasteiger partial charge in [-0.15, -0.1) is 10.2 Å². The third-order valence-electron chi connectivity index (χ3n) is 5.08. The van der Waals surface area contributed by atoms with Crippen molar-refractivity contribution in [3.63, 3.8) is 0 Å². The summed E-state index contributed by atoms with van der Waals surface area (Å²) in [6, 6.07) is 11.1. The number of carbonyl (C=O) groups excluding carboxylic acids is 2. The zero-order chi connectivity index (χ0) is 21.0. The fourth-order valence-corrected chi connectivity index (χ4v) is 3.26. The molecule has 1 saturated heterocycles. The average molecular weight is 396 g/mol. The van der Waals surface area contributed by atoms with Crippen molar-refractivity contribution >= 4 is 11.8 Å². The van der Waals surface area contributed by atoms with Crippen LogP contribution in [0.4, 0.5) is 0 Å². The summed E-state index contributed by atoms with van der Waals surface area (Å²) in [6.07, 6.45) is 1.50. The van der Waals surface area contributed by atoms with Gasteiger partial charge in [-0.1, -0.05) is 39.0 Å². The smallest absolute Gasteiger partial charge is 0.254 e. The minimum absolute atomic E-state index is 0.0289. The Kier molecular flexibility index (Phi) is 6.15. The highest BCUT2D eigenvalue weighted by atomic mass is 16.5. The van der Waals surface area contributed by atoms with Gasteiger partial charge in [0.2, 0.25) is 11.8 Å². The van der Waals surface area contributed by atoms with Crippen LogP contribution in [-0.2, 0) is 4.79 Å². The van der Waals surface area contributed by atoms with Crippen LogP contribution >= 0.6 is 0 Å². The zero-order valence-corrected chi connectivity index (χ0v) is 17.4. The van der Waals surface area contributed by atoms with Crippen molar-refractivity contribution in [1.29, 1.82) is 0 Å². The second-order valence-electron chi connectivity index (χ2n) is 8.30. The van der Waals surface area contributed by atoms with Crippen molar-refractivity contribution in [1.82, 2.24) is 20.4 Å². The first kappa shape index (κ1) is 20.8. The van der Waals surface area contributed by atoms with Gasteiger partial charge < -0.3 is 15.0 Å². The van der Waals surface area contributed by atoms with Crippen LogP contribution in [0.2, 0.25) is 0 Å². The number of piperidine rings is 1. The molecule has 3 rings (SSSR count). The van der Waals surface area contributed by atoms with Gasteiger partial charge in [-0.3, -0.25) is 9.59 Å². The molecule has 1 aliphatic rings. The number of benzene rings is 1. The summed E-state index contributed by atoms with van der Waals surface area (Å²) < 4.78 is 5.06. The fraction of sp³-hybridized carbons (Fsp3) is 0.455. The molecule has 7 heteroatoms. The van der Waals surface area contributed by atoms with Gasteiger partial charge in [0, 0.05) is 41.7 Å². The zero-order valence-electron chi connectivity index (χ0n) is 17.4. The molecule has 0 unspecified atom stereocenters. The molecule has 1 aromatic heterocycles. The summed E-state index contributed by atoms with van der Waals surface area (Å²) in [5.41, 5.74) is 1.56. The van der Waals surface area contributed by atoms with Crippen LogP contribution in [0.25, 0.3) is 11.3 Å². The topological polar surface area (TPSA) is 84.4 Å².